The molecule has 1 saturated carbocycles. The Hall–Kier alpha value is -2.88. The summed E-state index contributed by atoms with van der Waals surface area (Å²) in [6.07, 6.45) is 6.11. The third-order valence-electron chi connectivity index (χ3n) is 5.50. The molecule has 1 saturated heterocycles. The van der Waals surface area contributed by atoms with Crippen LogP contribution in [-0.2, 0) is 9.59 Å². The highest BCUT2D eigenvalue weighted by Crippen LogP contribution is 2.35. The molecule has 2 N–H and O–H groups in total. The van der Waals surface area contributed by atoms with Crippen LogP contribution in [0.2, 0.25) is 0 Å². The van der Waals surface area contributed by atoms with E-state index in [1.807, 2.05) is 29.3 Å². The minimum absolute atomic E-state index is 0.0530. The van der Waals surface area contributed by atoms with Gasteiger partial charge in [0, 0.05) is 43.4 Å². The van der Waals surface area contributed by atoms with Crippen LogP contribution in [-0.4, -0.2) is 39.8 Å². The lowest BCUT2D eigenvalue weighted by Gasteiger charge is -2.32. The molecule has 3 heterocycles. The van der Waals surface area contributed by atoms with Gasteiger partial charge in [-0.1, -0.05) is 0 Å². The molecule has 2 amide bonds. The number of pyridine rings is 1. The zero-order valence-corrected chi connectivity index (χ0v) is 15.2. The van der Waals surface area contributed by atoms with Crippen LogP contribution in [0.3, 0.4) is 0 Å². The fourth-order valence-corrected chi connectivity index (χ4v) is 3.80. The van der Waals surface area contributed by atoms with Gasteiger partial charge in [-0.05, 0) is 49.3 Å². The number of hydrogen-bond donors (Lipinski definition) is 2. The summed E-state index contributed by atoms with van der Waals surface area (Å²) < 4.78 is 0. The summed E-state index contributed by atoms with van der Waals surface area (Å²) in [7, 11) is 0. The van der Waals surface area contributed by atoms with Crippen molar-refractivity contribution in [2.24, 2.45) is 5.92 Å². The van der Waals surface area contributed by atoms with E-state index in [1.165, 1.54) is 5.56 Å². The molecule has 0 spiro atoms. The first-order valence-electron chi connectivity index (χ1n) is 9.59. The van der Waals surface area contributed by atoms with Crippen molar-refractivity contribution >= 4 is 28.7 Å². The van der Waals surface area contributed by atoms with Gasteiger partial charge in [0.05, 0.1) is 6.07 Å². The number of aromatic nitrogens is 2. The highest BCUT2D eigenvalue weighted by atomic mass is 16.2. The number of rotatable bonds is 5. The summed E-state index contributed by atoms with van der Waals surface area (Å²) >= 11 is 0. The minimum Gasteiger partial charge on any atom is -0.346 e. The molecule has 7 heteroatoms. The molecule has 1 aliphatic carbocycles. The molecule has 0 unspecified atom stereocenters. The van der Waals surface area contributed by atoms with E-state index < -0.39 is 0 Å². The van der Waals surface area contributed by atoms with E-state index in [-0.39, 0.29) is 24.2 Å². The molecule has 0 aromatic carbocycles. The topological polar surface area (TPSA) is 102 Å². The Labute approximate surface area is 157 Å². The Morgan fingerprint density at radius 2 is 2.07 bits per heavy atom. The maximum atomic E-state index is 12.1. The molecular weight excluding hydrogens is 342 g/mol. The van der Waals surface area contributed by atoms with Gasteiger partial charge in [0.1, 0.15) is 11.5 Å². The molecule has 2 aliphatic rings. The fourth-order valence-electron chi connectivity index (χ4n) is 3.80. The Balaban J connectivity index is 1.49. The van der Waals surface area contributed by atoms with E-state index in [1.54, 1.807) is 0 Å². The highest BCUT2D eigenvalue weighted by Gasteiger charge is 2.30. The Bertz CT molecular complexity index is 901. The number of piperidine rings is 1. The lowest BCUT2D eigenvalue weighted by atomic mass is 9.88. The number of likely N-dealkylation sites (tertiary alicyclic amines) is 1. The first kappa shape index (κ1) is 17.5. The summed E-state index contributed by atoms with van der Waals surface area (Å²) in [4.78, 5) is 33.8. The molecule has 1 aliphatic heterocycles. The molecule has 140 valence electrons. The summed E-state index contributed by atoms with van der Waals surface area (Å²) in [5, 5.41) is 12.7. The Kier molecular flexibility index (Phi) is 4.80. The number of hydrogen-bond acceptors (Lipinski definition) is 4. The van der Waals surface area contributed by atoms with Gasteiger partial charge in [-0.15, -0.1) is 0 Å². The van der Waals surface area contributed by atoms with Gasteiger partial charge in [0.2, 0.25) is 11.8 Å². The first-order chi connectivity index (χ1) is 13.2. The Morgan fingerprint density at radius 3 is 2.78 bits per heavy atom. The van der Waals surface area contributed by atoms with Crippen molar-refractivity contribution in [3.05, 3.63) is 23.9 Å². The van der Waals surface area contributed by atoms with E-state index in [9.17, 15) is 9.59 Å². The maximum Gasteiger partial charge on any atom is 0.228 e. The number of nitriles is 1. The number of amides is 2. The smallest absolute Gasteiger partial charge is 0.228 e. The predicted octanol–water partition coefficient (Wildman–Crippen LogP) is 2.92. The average molecular weight is 365 g/mol. The maximum absolute atomic E-state index is 12.1. The van der Waals surface area contributed by atoms with Crippen molar-refractivity contribution in [3.8, 4) is 6.07 Å². The molecule has 0 radical (unpaired) electrons. The second kappa shape index (κ2) is 7.39. The monoisotopic (exact) mass is 365 g/mol. The fraction of sp³-hybridized carbons (Fsp3) is 0.500. The molecule has 0 bridgehead atoms. The van der Waals surface area contributed by atoms with Crippen molar-refractivity contribution < 1.29 is 9.59 Å². The largest absolute Gasteiger partial charge is 0.346 e. The van der Waals surface area contributed by atoms with Crippen molar-refractivity contribution in [2.75, 3.05) is 18.4 Å². The lowest BCUT2D eigenvalue weighted by Crippen LogP contribution is -2.37. The number of aromatic amines is 1. The van der Waals surface area contributed by atoms with Crippen LogP contribution >= 0.6 is 0 Å². The average Bonchev–Trinajstić information content (AvgIpc) is 3.44. The van der Waals surface area contributed by atoms with Crippen LogP contribution in [0.4, 0.5) is 5.82 Å². The molecule has 27 heavy (non-hydrogen) atoms. The SMILES string of the molecule is N#CCCC(=O)N1CCC(c2cc(NC(=O)C3CC3)nc3[nH]ccc23)CC1. The molecule has 7 nitrogen and oxygen atoms in total. The number of H-pyrrole nitrogens is 1. The molecule has 0 atom stereocenters. The van der Waals surface area contributed by atoms with Crippen molar-refractivity contribution in [1.82, 2.24) is 14.9 Å². The van der Waals surface area contributed by atoms with Gasteiger partial charge in [-0.25, -0.2) is 4.98 Å². The summed E-state index contributed by atoms with van der Waals surface area (Å²) in [5.74, 6) is 1.18. The summed E-state index contributed by atoms with van der Waals surface area (Å²) in [6.45, 7) is 1.40. The molecular formula is C20H23N5O2. The van der Waals surface area contributed by atoms with Gasteiger partial charge >= 0.3 is 0 Å². The van der Waals surface area contributed by atoms with Gasteiger partial charge < -0.3 is 15.2 Å². The molecule has 2 fully saturated rings. The van der Waals surface area contributed by atoms with Crippen LogP contribution in [0.15, 0.2) is 18.3 Å². The quantitative estimate of drug-likeness (QED) is 0.850. The number of carbonyl (C=O) groups is 2. The third-order valence-corrected chi connectivity index (χ3v) is 5.50. The van der Waals surface area contributed by atoms with Crippen molar-refractivity contribution in [2.45, 2.75) is 44.4 Å². The second-order valence-corrected chi connectivity index (χ2v) is 7.41. The van der Waals surface area contributed by atoms with E-state index in [2.05, 4.69) is 15.3 Å². The third kappa shape index (κ3) is 3.80. The number of anilines is 1. The molecule has 4 rings (SSSR count). The number of nitrogens with one attached hydrogen (secondary N) is 2. The van der Waals surface area contributed by atoms with Crippen LogP contribution in [0.1, 0.15) is 50.0 Å². The van der Waals surface area contributed by atoms with Crippen LogP contribution in [0, 0.1) is 17.2 Å². The van der Waals surface area contributed by atoms with Gasteiger partial charge in [0.25, 0.3) is 0 Å². The normalized spacial score (nSPS) is 17.7. The number of nitrogens with zero attached hydrogens (tertiary/aromatic N) is 3. The summed E-state index contributed by atoms with van der Waals surface area (Å²) in [5.41, 5.74) is 1.96. The van der Waals surface area contributed by atoms with Crippen molar-refractivity contribution in [1.29, 1.82) is 5.26 Å². The molecule has 2 aromatic heterocycles. The van der Waals surface area contributed by atoms with Crippen LogP contribution < -0.4 is 5.32 Å². The lowest BCUT2D eigenvalue weighted by molar-refractivity contribution is -0.132. The van der Waals surface area contributed by atoms with E-state index in [0.717, 1.165) is 36.7 Å². The van der Waals surface area contributed by atoms with E-state index in [4.69, 9.17) is 5.26 Å². The number of fused-ring (bicyclic) bond motifs is 1. The van der Waals surface area contributed by atoms with Gasteiger partial charge in [-0.3, -0.25) is 9.59 Å². The van der Waals surface area contributed by atoms with Crippen LogP contribution in [0.25, 0.3) is 11.0 Å². The van der Waals surface area contributed by atoms with Crippen LogP contribution in [0.5, 0.6) is 0 Å². The van der Waals surface area contributed by atoms with E-state index >= 15 is 0 Å². The zero-order valence-electron chi connectivity index (χ0n) is 15.2. The Morgan fingerprint density at radius 1 is 1.30 bits per heavy atom. The van der Waals surface area contributed by atoms with E-state index in [0.29, 0.717) is 31.2 Å². The standard InChI is InChI=1S/C20H23N5O2/c21-8-1-2-18(26)25-10-6-13(7-11-25)16-12-17(24-20(27)14-3-4-14)23-19-15(16)5-9-22-19/h5,9,12-14H,1-4,6-7,10-11H2,(H2,22,23,24,27). The van der Waals surface area contributed by atoms with Gasteiger partial charge in [0.15, 0.2) is 0 Å². The number of carbonyl (C=O) groups excluding carboxylic acids is 2. The second-order valence-electron chi connectivity index (χ2n) is 7.41. The zero-order chi connectivity index (χ0) is 18.8. The first-order valence-corrected chi connectivity index (χ1v) is 9.59. The van der Waals surface area contributed by atoms with Crippen molar-refractivity contribution in [3.63, 3.8) is 0 Å². The predicted molar refractivity (Wildman–Crippen MR) is 101 cm³/mol. The molecule has 2 aromatic rings. The minimum atomic E-state index is 0.0530. The van der Waals surface area contributed by atoms with Gasteiger partial charge in [-0.2, -0.15) is 5.26 Å². The highest BCUT2D eigenvalue weighted by molar-refractivity contribution is 5.94. The summed E-state index contributed by atoms with van der Waals surface area (Å²) in [6, 6.07) is 6.05.